The molecule has 1 aliphatic heterocycles. The Labute approximate surface area is 126 Å². The lowest BCUT2D eigenvalue weighted by atomic mass is 9.80. The van der Waals surface area contributed by atoms with Gasteiger partial charge in [0.15, 0.2) is 5.69 Å². The molecule has 1 fully saturated rings. The van der Waals surface area contributed by atoms with Crippen molar-refractivity contribution in [3.05, 3.63) is 17.0 Å². The number of nitrogens with zero attached hydrogens (tertiary/aromatic N) is 3. The molecule has 1 aromatic rings. The van der Waals surface area contributed by atoms with Gasteiger partial charge in [0, 0.05) is 12.6 Å². The number of nitrogens with one attached hydrogen (secondary N) is 1. The molecule has 0 aromatic carbocycles. The van der Waals surface area contributed by atoms with Gasteiger partial charge in [0.25, 0.3) is 0 Å². The van der Waals surface area contributed by atoms with Crippen molar-refractivity contribution >= 4 is 17.4 Å². The molecular weight excluding hydrogens is 305 g/mol. The predicted molar refractivity (Wildman–Crippen MR) is 75.4 cm³/mol. The maximum Gasteiger partial charge on any atom is 0.433 e. The molecule has 0 spiro atoms. The summed E-state index contributed by atoms with van der Waals surface area (Å²) in [6.45, 7) is 4.65. The quantitative estimate of drug-likeness (QED) is 0.867. The maximum absolute atomic E-state index is 12.7. The number of hydrogen-bond donors (Lipinski definition) is 1. The van der Waals surface area contributed by atoms with E-state index in [-0.39, 0.29) is 11.2 Å². The van der Waals surface area contributed by atoms with Crippen LogP contribution < -0.4 is 5.32 Å². The van der Waals surface area contributed by atoms with E-state index in [4.69, 9.17) is 11.6 Å². The van der Waals surface area contributed by atoms with Crippen LogP contribution in [0.4, 0.5) is 19.0 Å². The van der Waals surface area contributed by atoms with Gasteiger partial charge in [-0.3, -0.25) is 0 Å². The van der Waals surface area contributed by atoms with Crippen LogP contribution in [0.5, 0.6) is 0 Å². The molecule has 118 valence electrons. The van der Waals surface area contributed by atoms with Gasteiger partial charge in [-0.25, -0.2) is 9.97 Å². The fourth-order valence-electron chi connectivity index (χ4n) is 2.29. The van der Waals surface area contributed by atoms with Gasteiger partial charge in [0.05, 0.1) is 0 Å². The zero-order valence-electron chi connectivity index (χ0n) is 12.0. The maximum atomic E-state index is 12.7. The summed E-state index contributed by atoms with van der Waals surface area (Å²) >= 11 is 5.56. The van der Waals surface area contributed by atoms with Gasteiger partial charge in [-0.2, -0.15) is 13.2 Å². The molecule has 0 atom stereocenters. The van der Waals surface area contributed by atoms with E-state index in [9.17, 15) is 13.2 Å². The van der Waals surface area contributed by atoms with Gasteiger partial charge in [-0.15, -0.1) is 0 Å². The normalized spacial score (nSPS) is 19.5. The summed E-state index contributed by atoms with van der Waals surface area (Å²) in [4.78, 5) is 9.26. The number of hydrogen-bond acceptors (Lipinski definition) is 4. The van der Waals surface area contributed by atoms with Gasteiger partial charge in [-0.1, -0.05) is 6.92 Å². The Kier molecular flexibility index (Phi) is 4.63. The van der Waals surface area contributed by atoms with E-state index >= 15 is 0 Å². The summed E-state index contributed by atoms with van der Waals surface area (Å²) in [5.74, 6) is 0.113. The van der Waals surface area contributed by atoms with Crippen LogP contribution in [0.2, 0.25) is 5.28 Å². The summed E-state index contributed by atoms with van der Waals surface area (Å²) < 4.78 is 38.0. The molecule has 0 radical (unpaired) electrons. The molecule has 2 rings (SSSR count). The van der Waals surface area contributed by atoms with Crippen LogP contribution in [0.3, 0.4) is 0 Å². The largest absolute Gasteiger partial charge is 0.433 e. The predicted octanol–water partition coefficient (Wildman–Crippen LogP) is 3.29. The first-order valence-electron chi connectivity index (χ1n) is 6.72. The minimum Gasteiger partial charge on any atom is -0.369 e. The Hall–Kier alpha value is -1.08. The first kappa shape index (κ1) is 16.3. The number of anilines is 1. The lowest BCUT2D eigenvalue weighted by molar-refractivity contribution is -0.141. The van der Waals surface area contributed by atoms with Crippen molar-refractivity contribution in [1.82, 2.24) is 14.9 Å². The molecule has 1 saturated heterocycles. The van der Waals surface area contributed by atoms with Crippen LogP contribution >= 0.6 is 11.6 Å². The summed E-state index contributed by atoms with van der Waals surface area (Å²) in [5, 5.41) is 2.57. The zero-order chi connectivity index (χ0) is 15.7. The third-order valence-corrected chi connectivity index (χ3v) is 4.05. The Morgan fingerprint density at radius 1 is 1.33 bits per heavy atom. The third-order valence-electron chi connectivity index (χ3n) is 3.88. The number of piperidine rings is 1. The third kappa shape index (κ3) is 4.44. The van der Waals surface area contributed by atoms with E-state index in [1.54, 1.807) is 0 Å². The van der Waals surface area contributed by atoms with Gasteiger partial charge in [0.1, 0.15) is 5.82 Å². The average molecular weight is 323 g/mol. The molecule has 8 heteroatoms. The molecule has 0 saturated carbocycles. The van der Waals surface area contributed by atoms with Crippen LogP contribution in [0.15, 0.2) is 6.07 Å². The minimum absolute atomic E-state index is 0.0440. The fourth-order valence-corrected chi connectivity index (χ4v) is 2.47. The molecule has 4 nitrogen and oxygen atoms in total. The number of rotatable bonds is 3. The SMILES string of the molecule is CN1CCC(C)(CNc2cc(C(F)(F)F)nc(Cl)n2)CC1. The Bertz CT molecular complexity index is 499. The van der Waals surface area contributed by atoms with Crippen LogP contribution in [0, 0.1) is 5.41 Å². The molecule has 1 aliphatic rings. The standard InChI is InChI=1S/C13H18ClF3N4/c1-12(3-5-21(2)6-4-12)8-18-10-7-9(13(15,16)17)19-11(14)20-10/h7H,3-6,8H2,1-2H3,(H,18,19,20). The molecule has 1 aromatic heterocycles. The Balaban J connectivity index is 2.05. The smallest absolute Gasteiger partial charge is 0.369 e. The lowest BCUT2D eigenvalue weighted by Crippen LogP contribution is -2.40. The first-order chi connectivity index (χ1) is 9.68. The number of halogens is 4. The van der Waals surface area contributed by atoms with Crippen molar-refractivity contribution in [3.63, 3.8) is 0 Å². The van der Waals surface area contributed by atoms with E-state index in [0.717, 1.165) is 32.0 Å². The molecule has 0 amide bonds. The van der Waals surface area contributed by atoms with Crippen LogP contribution in [-0.2, 0) is 6.18 Å². The lowest BCUT2D eigenvalue weighted by Gasteiger charge is -2.38. The van der Waals surface area contributed by atoms with Gasteiger partial charge in [0.2, 0.25) is 5.28 Å². The van der Waals surface area contributed by atoms with Crippen molar-refractivity contribution in [2.24, 2.45) is 5.41 Å². The van der Waals surface area contributed by atoms with Gasteiger partial charge in [-0.05, 0) is 50.0 Å². The number of likely N-dealkylation sites (tertiary alicyclic amines) is 1. The monoisotopic (exact) mass is 322 g/mol. The zero-order valence-corrected chi connectivity index (χ0v) is 12.7. The average Bonchev–Trinajstić information content (AvgIpc) is 2.39. The van der Waals surface area contributed by atoms with Crippen LogP contribution in [0.25, 0.3) is 0 Å². The number of alkyl halides is 3. The van der Waals surface area contributed by atoms with E-state index in [2.05, 4.69) is 34.2 Å². The van der Waals surface area contributed by atoms with E-state index in [0.29, 0.717) is 6.54 Å². The van der Waals surface area contributed by atoms with Crippen molar-refractivity contribution in [2.45, 2.75) is 25.9 Å². The second-order valence-corrected chi connectivity index (χ2v) is 6.21. The highest BCUT2D eigenvalue weighted by Gasteiger charge is 2.34. The first-order valence-corrected chi connectivity index (χ1v) is 7.10. The molecule has 0 bridgehead atoms. The summed E-state index contributed by atoms with van der Waals surface area (Å²) in [7, 11) is 2.06. The van der Waals surface area contributed by atoms with Crippen molar-refractivity contribution < 1.29 is 13.2 Å². The molecular formula is C13H18ClF3N4. The topological polar surface area (TPSA) is 41.0 Å². The van der Waals surface area contributed by atoms with Crippen molar-refractivity contribution in [2.75, 3.05) is 32.0 Å². The Morgan fingerprint density at radius 3 is 2.52 bits per heavy atom. The highest BCUT2D eigenvalue weighted by molar-refractivity contribution is 6.28. The highest BCUT2D eigenvalue weighted by Crippen LogP contribution is 2.32. The second kappa shape index (κ2) is 5.96. The van der Waals surface area contributed by atoms with Crippen molar-refractivity contribution in [1.29, 1.82) is 0 Å². The Morgan fingerprint density at radius 2 is 1.95 bits per heavy atom. The van der Waals surface area contributed by atoms with E-state index in [1.807, 2.05) is 0 Å². The molecule has 1 N–H and O–H groups in total. The van der Waals surface area contributed by atoms with Gasteiger partial charge < -0.3 is 10.2 Å². The fraction of sp³-hybridized carbons (Fsp3) is 0.692. The molecule has 0 aliphatic carbocycles. The van der Waals surface area contributed by atoms with Crippen molar-refractivity contribution in [3.8, 4) is 0 Å². The minimum atomic E-state index is -4.53. The van der Waals surface area contributed by atoms with E-state index < -0.39 is 17.2 Å². The van der Waals surface area contributed by atoms with Crippen LogP contribution in [-0.4, -0.2) is 41.5 Å². The molecule has 2 heterocycles. The summed E-state index contributed by atoms with van der Waals surface area (Å²) in [6.07, 6.45) is -2.55. The van der Waals surface area contributed by atoms with E-state index in [1.165, 1.54) is 0 Å². The second-order valence-electron chi connectivity index (χ2n) is 5.87. The highest BCUT2D eigenvalue weighted by atomic mass is 35.5. The molecule has 0 unspecified atom stereocenters. The molecule has 21 heavy (non-hydrogen) atoms. The van der Waals surface area contributed by atoms with Gasteiger partial charge >= 0.3 is 6.18 Å². The summed E-state index contributed by atoms with van der Waals surface area (Å²) in [5.41, 5.74) is -0.985. The number of aromatic nitrogens is 2. The summed E-state index contributed by atoms with van der Waals surface area (Å²) in [6, 6.07) is 0.893. The van der Waals surface area contributed by atoms with Crippen LogP contribution in [0.1, 0.15) is 25.5 Å².